The molecule has 0 aromatic heterocycles. The molecule has 1 unspecified atom stereocenters. The summed E-state index contributed by atoms with van der Waals surface area (Å²) in [5.41, 5.74) is 1.88. The first kappa shape index (κ1) is 15.5. The van der Waals surface area contributed by atoms with Crippen LogP contribution in [0.15, 0.2) is 22.7 Å². The highest BCUT2D eigenvalue weighted by atomic mass is 79.9. The van der Waals surface area contributed by atoms with Crippen molar-refractivity contribution in [2.24, 2.45) is 0 Å². The van der Waals surface area contributed by atoms with Gasteiger partial charge in [-0.1, -0.05) is 15.9 Å². The highest BCUT2D eigenvalue weighted by Gasteiger charge is 2.27. The number of halogens is 1. The quantitative estimate of drug-likeness (QED) is 0.912. The van der Waals surface area contributed by atoms with Crippen LogP contribution in [-0.2, 0) is 0 Å². The topological polar surface area (TPSA) is 32.3 Å². The van der Waals surface area contributed by atoms with Gasteiger partial charge in [-0.05, 0) is 70.0 Å². The summed E-state index contributed by atoms with van der Waals surface area (Å²) in [5.74, 6) is 0.191. The normalized spacial score (nSPS) is 19.1. The molecule has 0 saturated carbocycles. The van der Waals surface area contributed by atoms with Crippen molar-refractivity contribution in [2.45, 2.75) is 38.6 Å². The summed E-state index contributed by atoms with van der Waals surface area (Å²) >= 11 is 3.45. The van der Waals surface area contributed by atoms with Crippen LogP contribution in [0.5, 0.6) is 0 Å². The third-order valence-corrected chi connectivity index (χ3v) is 4.53. The number of carbonyl (C=O) groups excluding carboxylic acids is 1. The van der Waals surface area contributed by atoms with Gasteiger partial charge in [-0.25, -0.2) is 0 Å². The lowest BCUT2D eigenvalue weighted by Crippen LogP contribution is -2.45. The molecule has 110 valence electrons. The molecule has 1 atom stereocenters. The maximum absolute atomic E-state index is 12.8. The van der Waals surface area contributed by atoms with Crippen molar-refractivity contribution in [3.63, 3.8) is 0 Å². The van der Waals surface area contributed by atoms with Gasteiger partial charge in [-0.3, -0.25) is 4.79 Å². The van der Waals surface area contributed by atoms with Crippen molar-refractivity contribution in [1.82, 2.24) is 10.2 Å². The number of likely N-dealkylation sites (tertiary alicyclic amines) is 1. The highest BCUT2D eigenvalue weighted by Crippen LogP contribution is 2.24. The molecule has 4 heteroatoms. The lowest BCUT2D eigenvalue weighted by molar-refractivity contribution is 0.0602. The van der Waals surface area contributed by atoms with E-state index in [2.05, 4.69) is 26.1 Å². The lowest BCUT2D eigenvalue weighted by Gasteiger charge is -2.36. The minimum atomic E-state index is 0.191. The Bertz CT molecular complexity index is 476. The number of nitrogens with zero attached hydrogens (tertiary/aromatic N) is 1. The van der Waals surface area contributed by atoms with E-state index in [9.17, 15) is 4.79 Å². The Morgan fingerprint density at radius 3 is 2.95 bits per heavy atom. The Kier molecular flexibility index (Phi) is 5.61. The number of hydrogen-bond donors (Lipinski definition) is 1. The van der Waals surface area contributed by atoms with Gasteiger partial charge in [0.25, 0.3) is 5.91 Å². The first-order valence-corrected chi connectivity index (χ1v) is 8.14. The number of piperidine rings is 1. The summed E-state index contributed by atoms with van der Waals surface area (Å²) in [6.45, 7) is 3.86. The van der Waals surface area contributed by atoms with Crippen molar-refractivity contribution in [3.05, 3.63) is 33.8 Å². The molecular weight excluding hydrogens is 316 g/mol. The second-order valence-electron chi connectivity index (χ2n) is 5.50. The maximum atomic E-state index is 12.8. The zero-order valence-corrected chi connectivity index (χ0v) is 13.9. The van der Waals surface area contributed by atoms with Crippen LogP contribution in [0, 0.1) is 6.92 Å². The van der Waals surface area contributed by atoms with Crippen LogP contribution < -0.4 is 5.32 Å². The zero-order valence-electron chi connectivity index (χ0n) is 12.3. The molecule has 1 amide bonds. The van der Waals surface area contributed by atoms with Crippen molar-refractivity contribution in [1.29, 1.82) is 0 Å². The van der Waals surface area contributed by atoms with Crippen LogP contribution in [0.1, 0.15) is 41.6 Å². The van der Waals surface area contributed by atoms with Gasteiger partial charge in [-0.2, -0.15) is 0 Å². The van der Waals surface area contributed by atoms with Gasteiger partial charge in [0, 0.05) is 22.6 Å². The summed E-state index contributed by atoms with van der Waals surface area (Å²) in [4.78, 5) is 14.9. The van der Waals surface area contributed by atoms with Crippen LogP contribution >= 0.6 is 15.9 Å². The van der Waals surface area contributed by atoms with E-state index in [1.165, 1.54) is 6.42 Å². The number of nitrogens with one attached hydrogen (secondary N) is 1. The van der Waals surface area contributed by atoms with Gasteiger partial charge < -0.3 is 10.2 Å². The van der Waals surface area contributed by atoms with Crippen LogP contribution in [0.2, 0.25) is 0 Å². The van der Waals surface area contributed by atoms with Crippen molar-refractivity contribution in [2.75, 3.05) is 20.1 Å². The van der Waals surface area contributed by atoms with Gasteiger partial charge in [0.15, 0.2) is 0 Å². The number of aryl methyl sites for hydroxylation is 1. The molecule has 0 radical (unpaired) electrons. The van der Waals surface area contributed by atoms with Gasteiger partial charge in [0.05, 0.1) is 0 Å². The first-order valence-electron chi connectivity index (χ1n) is 7.35. The fraction of sp³-hybridized carbons (Fsp3) is 0.562. The van der Waals surface area contributed by atoms with E-state index in [1.807, 2.05) is 32.2 Å². The smallest absolute Gasteiger partial charge is 0.254 e. The predicted octanol–water partition coefficient (Wildman–Crippen LogP) is 3.36. The summed E-state index contributed by atoms with van der Waals surface area (Å²) in [5, 5.41) is 3.19. The molecule has 0 bridgehead atoms. The summed E-state index contributed by atoms with van der Waals surface area (Å²) in [6, 6.07) is 6.28. The molecule has 2 rings (SSSR count). The summed E-state index contributed by atoms with van der Waals surface area (Å²) in [6.07, 6.45) is 4.52. The molecular formula is C16H23BrN2O. The lowest BCUT2D eigenvalue weighted by atomic mass is 9.97. The average molecular weight is 339 g/mol. The number of rotatable bonds is 4. The molecule has 1 N–H and O–H groups in total. The van der Waals surface area contributed by atoms with Crippen molar-refractivity contribution >= 4 is 21.8 Å². The summed E-state index contributed by atoms with van der Waals surface area (Å²) < 4.78 is 1.02. The Hall–Kier alpha value is -0.870. The molecule has 1 aromatic rings. The van der Waals surface area contributed by atoms with Crippen LogP contribution in [0.4, 0.5) is 0 Å². The molecule has 20 heavy (non-hydrogen) atoms. The van der Waals surface area contributed by atoms with E-state index < -0.39 is 0 Å². The van der Waals surface area contributed by atoms with Crippen molar-refractivity contribution in [3.8, 4) is 0 Å². The largest absolute Gasteiger partial charge is 0.336 e. The average Bonchev–Trinajstić information content (AvgIpc) is 2.45. The van der Waals surface area contributed by atoms with E-state index in [4.69, 9.17) is 0 Å². The maximum Gasteiger partial charge on any atom is 0.254 e. The van der Waals surface area contributed by atoms with E-state index in [-0.39, 0.29) is 5.91 Å². The number of carbonyl (C=O) groups is 1. The SMILES string of the molecule is CNCCC1CCCCN1C(=O)c1ccc(Br)cc1C. The molecule has 1 aliphatic rings. The van der Waals surface area contributed by atoms with Crippen LogP contribution in [0.3, 0.4) is 0 Å². The van der Waals surface area contributed by atoms with Crippen LogP contribution in [-0.4, -0.2) is 37.0 Å². The van der Waals surface area contributed by atoms with E-state index in [0.29, 0.717) is 6.04 Å². The molecule has 1 aliphatic heterocycles. The molecule has 3 nitrogen and oxygen atoms in total. The van der Waals surface area contributed by atoms with E-state index >= 15 is 0 Å². The number of amides is 1. The zero-order chi connectivity index (χ0) is 14.5. The number of benzene rings is 1. The third-order valence-electron chi connectivity index (χ3n) is 4.03. The molecule has 0 spiro atoms. The first-order chi connectivity index (χ1) is 9.63. The van der Waals surface area contributed by atoms with E-state index in [0.717, 1.165) is 48.0 Å². The predicted molar refractivity (Wildman–Crippen MR) is 86.1 cm³/mol. The summed E-state index contributed by atoms with van der Waals surface area (Å²) in [7, 11) is 1.97. The fourth-order valence-corrected chi connectivity index (χ4v) is 3.38. The van der Waals surface area contributed by atoms with Gasteiger partial charge >= 0.3 is 0 Å². The monoisotopic (exact) mass is 338 g/mol. The molecule has 1 saturated heterocycles. The Balaban J connectivity index is 2.16. The van der Waals surface area contributed by atoms with Gasteiger partial charge in [-0.15, -0.1) is 0 Å². The van der Waals surface area contributed by atoms with Crippen LogP contribution in [0.25, 0.3) is 0 Å². The highest BCUT2D eigenvalue weighted by molar-refractivity contribution is 9.10. The van der Waals surface area contributed by atoms with Gasteiger partial charge in [0.2, 0.25) is 0 Å². The standard InChI is InChI=1S/C16H23BrN2O/c1-12-11-13(17)6-7-15(12)16(20)19-10-4-3-5-14(19)8-9-18-2/h6-7,11,14,18H,3-5,8-10H2,1-2H3. The molecule has 1 heterocycles. The fourth-order valence-electron chi connectivity index (χ4n) is 2.90. The third kappa shape index (κ3) is 3.61. The molecule has 0 aliphatic carbocycles. The van der Waals surface area contributed by atoms with E-state index in [1.54, 1.807) is 0 Å². The van der Waals surface area contributed by atoms with Crippen molar-refractivity contribution < 1.29 is 4.79 Å². The Morgan fingerprint density at radius 2 is 2.25 bits per heavy atom. The Labute approximate surface area is 129 Å². The Morgan fingerprint density at radius 1 is 1.45 bits per heavy atom. The second kappa shape index (κ2) is 7.23. The second-order valence-corrected chi connectivity index (χ2v) is 6.42. The van der Waals surface area contributed by atoms with Gasteiger partial charge in [0.1, 0.15) is 0 Å². The molecule has 1 fully saturated rings. The minimum Gasteiger partial charge on any atom is -0.336 e. The number of hydrogen-bond acceptors (Lipinski definition) is 2. The minimum absolute atomic E-state index is 0.191. The molecule has 1 aromatic carbocycles.